The molecule has 1 unspecified atom stereocenters. The molecule has 2 rings (SSSR count). The predicted octanol–water partition coefficient (Wildman–Crippen LogP) is -2.35. The van der Waals surface area contributed by atoms with E-state index in [-0.39, 0.29) is 61.5 Å². The number of nitrogens with two attached hydrogens (primary N) is 2. The molecular weight excluding hydrogens is 819 g/mol. The van der Waals surface area contributed by atoms with Gasteiger partial charge in [0.1, 0.15) is 18.1 Å². The first-order valence-corrected chi connectivity index (χ1v) is 21.7. The lowest BCUT2D eigenvalue weighted by Crippen LogP contribution is -2.56. The van der Waals surface area contributed by atoms with Crippen LogP contribution in [0, 0.1) is 17.8 Å². The van der Waals surface area contributed by atoms with Crippen molar-refractivity contribution in [1.29, 1.82) is 0 Å². The minimum absolute atomic E-state index is 0.00863. The zero-order chi connectivity index (χ0) is 45.6. The van der Waals surface area contributed by atoms with Crippen LogP contribution < -0.4 is 59.5 Å². The fourth-order valence-corrected chi connectivity index (χ4v) is 8.47. The van der Waals surface area contributed by atoms with Gasteiger partial charge in [-0.3, -0.25) is 48.4 Å². The molecule has 0 saturated carbocycles. The van der Waals surface area contributed by atoms with Crippen molar-refractivity contribution in [3.8, 4) is 0 Å². The first-order valence-electron chi connectivity index (χ1n) is 20.7. The van der Waals surface area contributed by atoms with Crippen molar-refractivity contribution in [2.45, 2.75) is 134 Å². The highest BCUT2D eigenvalue weighted by Crippen LogP contribution is 2.33. The maximum Gasteiger partial charge on any atom is 0.315 e. The Balaban J connectivity index is 1.76. The zero-order valence-electron chi connectivity index (χ0n) is 35.4. The van der Waals surface area contributed by atoms with Crippen LogP contribution in [0.15, 0.2) is 0 Å². The van der Waals surface area contributed by atoms with Gasteiger partial charge in [0.15, 0.2) is 0 Å². The Kier molecular flexibility index (Phi) is 22.9. The Bertz CT molecular complexity index is 1570. The second-order valence-corrected chi connectivity index (χ2v) is 17.5. The highest BCUT2D eigenvalue weighted by molar-refractivity contribution is 8.00. The molecule has 0 bridgehead atoms. The molecule has 0 aromatic heterocycles. The minimum atomic E-state index is -1.54. The third kappa shape index (κ3) is 20.3. The lowest BCUT2D eigenvalue weighted by atomic mass is 9.92. The van der Waals surface area contributed by atoms with Gasteiger partial charge in [-0.25, -0.2) is 10.3 Å². The molecule has 0 radical (unpaired) electrons. The first kappa shape index (κ1) is 51.9. The lowest BCUT2D eigenvalue weighted by molar-refractivity contribution is -0.137. The molecule has 344 valence electrons. The maximum absolute atomic E-state index is 13.4. The number of primary amides is 2. The van der Waals surface area contributed by atoms with Crippen LogP contribution in [-0.4, -0.2) is 125 Å². The standard InChI is InChI=1S/C38H65N11O11S/c1-20(2)13-22(15-30(52)49-60)35(56)45-24(14-21(3)4)37(58)46-25(16-28(39)50)36(57)43-17-31(53)42-18-32(54)44-23(34(40)55)9-7-8-12-41-29(51)11-6-5-10-27-33-26(19-61-27)47-38(59)48-33/h20-27,33,60H,5-19H2,1-4H3,(H2,39,50)(H2,40,55)(H,41,51)(H,42,53)(H,43,57)(H,44,54)(H,45,56)(H,46,58)(H,49,52)(H2,47,48,59)/t22?,23-,24-,25-,26-,27-,33-/m0/s1. The number of nitrogens with one attached hydrogen (secondary N) is 9. The van der Waals surface area contributed by atoms with Crippen molar-refractivity contribution in [3.63, 3.8) is 0 Å². The number of rotatable bonds is 29. The summed E-state index contributed by atoms with van der Waals surface area (Å²) in [6, 6.07) is -3.61. The third-order valence-corrected chi connectivity index (χ3v) is 11.4. The highest BCUT2D eigenvalue weighted by atomic mass is 32.2. The summed E-state index contributed by atoms with van der Waals surface area (Å²) in [4.78, 5) is 124. The van der Waals surface area contributed by atoms with E-state index in [0.717, 1.165) is 18.6 Å². The van der Waals surface area contributed by atoms with Crippen molar-refractivity contribution in [1.82, 2.24) is 48.0 Å². The molecule has 2 aliphatic rings. The molecule has 23 heteroatoms. The monoisotopic (exact) mass is 883 g/mol. The summed E-state index contributed by atoms with van der Waals surface area (Å²) in [5, 5.41) is 30.0. The largest absolute Gasteiger partial charge is 0.370 e. The van der Waals surface area contributed by atoms with Crippen LogP contribution in [0.4, 0.5) is 4.79 Å². The molecule has 0 spiro atoms. The van der Waals surface area contributed by atoms with Gasteiger partial charge in [0, 0.05) is 36.3 Å². The zero-order valence-corrected chi connectivity index (χ0v) is 36.2. The number of hydrogen-bond donors (Lipinski definition) is 12. The van der Waals surface area contributed by atoms with Crippen molar-refractivity contribution in [2.24, 2.45) is 29.2 Å². The molecule has 2 saturated heterocycles. The molecule has 0 aromatic carbocycles. The van der Waals surface area contributed by atoms with E-state index in [1.165, 1.54) is 5.48 Å². The van der Waals surface area contributed by atoms with Crippen molar-refractivity contribution in [3.05, 3.63) is 0 Å². The van der Waals surface area contributed by atoms with E-state index in [0.29, 0.717) is 37.5 Å². The van der Waals surface area contributed by atoms with Gasteiger partial charge in [-0.1, -0.05) is 34.1 Å². The van der Waals surface area contributed by atoms with Crippen LogP contribution in [0.5, 0.6) is 0 Å². The Hall–Kier alpha value is -5.19. The molecular formula is C38H65N11O11S. The fraction of sp³-hybridized carbons (Fsp3) is 0.737. The minimum Gasteiger partial charge on any atom is -0.370 e. The van der Waals surface area contributed by atoms with Gasteiger partial charge in [-0.05, 0) is 56.8 Å². The van der Waals surface area contributed by atoms with E-state index < -0.39 is 90.8 Å². The van der Waals surface area contributed by atoms with Gasteiger partial charge in [-0.15, -0.1) is 0 Å². The molecule has 2 fully saturated rings. The van der Waals surface area contributed by atoms with E-state index in [2.05, 4.69) is 42.5 Å². The second kappa shape index (κ2) is 26.9. The molecule has 2 heterocycles. The van der Waals surface area contributed by atoms with E-state index in [1.807, 2.05) is 25.6 Å². The SMILES string of the molecule is CC(C)CC(CC(=O)NO)C(=O)N[C@@H](CC(C)C)C(=O)N[C@@H](CC(N)=O)C(=O)NCC(=O)NCC(=O)N[C@@H](CCCCNC(=O)CCCC[C@@H]1SC[C@@H]2NC(=O)N[C@@H]21)C(N)=O. The quantitative estimate of drug-likeness (QED) is 0.0163. The van der Waals surface area contributed by atoms with Crippen molar-refractivity contribution < 1.29 is 53.2 Å². The average Bonchev–Trinajstić information content (AvgIpc) is 3.74. The predicted molar refractivity (Wildman–Crippen MR) is 223 cm³/mol. The lowest BCUT2D eigenvalue weighted by Gasteiger charge is -2.26. The molecule has 7 atom stereocenters. The van der Waals surface area contributed by atoms with Crippen molar-refractivity contribution >= 4 is 71.0 Å². The summed E-state index contributed by atoms with van der Waals surface area (Å²) in [5.74, 6) is -6.73. The van der Waals surface area contributed by atoms with Crippen LogP contribution in [0.2, 0.25) is 0 Å². The maximum atomic E-state index is 13.4. The summed E-state index contributed by atoms with van der Waals surface area (Å²) in [6.07, 6.45) is 3.39. The van der Waals surface area contributed by atoms with Gasteiger partial charge in [0.2, 0.25) is 53.2 Å². The number of urea groups is 1. The normalized spacial score (nSPS) is 18.6. The summed E-state index contributed by atoms with van der Waals surface area (Å²) in [5.41, 5.74) is 12.3. The average molecular weight is 884 g/mol. The van der Waals surface area contributed by atoms with Crippen LogP contribution >= 0.6 is 11.8 Å². The Morgan fingerprint density at radius 2 is 1.38 bits per heavy atom. The molecule has 14 N–H and O–H groups in total. The van der Waals surface area contributed by atoms with Gasteiger partial charge in [0.25, 0.3) is 0 Å². The number of carbonyl (C=O) groups is 10. The number of fused-ring (bicyclic) bond motifs is 1. The first-order chi connectivity index (χ1) is 28.8. The molecule has 0 aliphatic carbocycles. The number of hydrogen-bond acceptors (Lipinski definition) is 12. The Morgan fingerprint density at radius 1 is 0.705 bits per heavy atom. The molecule has 11 amide bonds. The Morgan fingerprint density at radius 3 is 2.02 bits per heavy atom. The van der Waals surface area contributed by atoms with Crippen LogP contribution in [0.1, 0.15) is 98.3 Å². The van der Waals surface area contributed by atoms with Crippen LogP contribution in [0.25, 0.3) is 0 Å². The number of carbonyl (C=O) groups excluding carboxylic acids is 10. The van der Waals surface area contributed by atoms with E-state index in [4.69, 9.17) is 16.7 Å². The summed E-state index contributed by atoms with van der Waals surface area (Å²) in [6.45, 7) is 6.36. The van der Waals surface area contributed by atoms with Crippen LogP contribution in [0.3, 0.4) is 0 Å². The number of hydroxylamine groups is 1. The van der Waals surface area contributed by atoms with Gasteiger partial charge in [0.05, 0.1) is 31.6 Å². The van der Waals surface area contributed by atoms with Gasteiger partial charge >= 0.3 is 6.03 Å². The number of thioether (sulfide) groups is 1. The van der Waals surface area contributed by atoms with E-state index in [9.17, 15) is 47.9 Å². The van der Waals surface area contributed by atoms with Gasteiger partial charge in [-0.2, -0.15) is 11.8 Å². The van der Waals surface area contributed by atoms with Crippen molar-refractivity contribution in [2.75, 3.05) is 25.4 Å². The third-order valence-electron chi connectivity index (χ3n) is 9.93. The highest BCUT2D eigenvalue weighted by Gasteiger charge is 2.42. The smallest absolute Gasteiger partial charge is 0.315 e. The fourth-order valence-electron chi connectivity index (χ4n) is 6.92. The molecule has 22 nitrogen and oxygen atoms in total. The molecule has 2 aliphatic heterocycles. The topological polar surface area (TPSA) is 351 Å². The van der Waals surface area contributed by atoms with E-state index in [1.54, 1.807) is 13.8 Å². The van der Waals surface area contributed by atoms with E-state index >= 15 is 0 Å². The second-order valence-electron chi connectivity index (χ2n) is 16.2. The number of amides is 11. The number of unbranched alkanes of at least 4 members (excludes halogenated alkanes) is 2. The molecule has 61 heavy (non-hydrogen) atoms. The summed E-state index contributed by atoms with van der Waals surface area (Å²) in [7, 11) is 0. The van der Waals surface area contributed by atoms with Gasteiger partial charge < -0.3 is 54.0 Å². The summed E-state index contributed by atoms with van der Waals surface area (Å²) >= 11 is 1.83. The molecule has 0 aromatic rings. The Labute approximate surface area is 359 Å². The summed E-state index contributed by atoms with van der Waals surface area (Å²) < 4.78 is 0. The van der Waals surface area contributed by atoms with Crippen LogP contribution in [-0.2, 0) is 43.2 Å².